The summed E-state index contributed by atoms with van der Waals surface area (Å²) in [6, 6.07) is 65.4. The van der Waals surface area contributed by atoms with Gasteiger partial charge in [-0.25, -0.2) is 9.97 Å². The Bertz CT molecular complexity index is 2840. The van der Waals surface area contributed by atoms with E-state index in [1.807, 2.05) is 6.07 Å². The van der Waals surface area contributed by atoms with Crippen LogP contribution >= 0.6 is 0 Å². The molecule has 10 rings (SSSR count). The van der Waals surface area contributed by atoms with E-state index in [0.717, 1.165) is 28.1 Å². The van der Waals surface area contributed by atoms with Crippen LogP contribution < -0.4 is 0 Å². The van der Waals surface area contributed by atoms with Crippen LogP contribution in [0.15, 0.2) is 182 Å². The number of hydrogen-bond acceptors (Lipinski definition) is 2. The van der Waals surface area contributed by atoms with E-state index in [9.17, 15) is 0 Å². The van der Waals surface area contributed by atoms with Gasteiger partial charge in [-0.1, -0.05) is 184 Å². The molecular formula is C51H36N2. The monoisotopic (exact) mass is 676 g/mol. The molecule has 1 aliphatic carbocycles. The summed E-state index contributed by atoms with van der Waals surface area (Å²) in [5.74, 6) is 0.707. The van der Waals surface area contributed by atoms with E-state index in [-0.39, 0.29) is 5.41 Å². The van der Waals surface area contributed by atoms with Crippen LogP contribution in [0.25, 0.3) is 88.8 Å². The third-order valence-corrected chi connectivity index (χ3v) is 11.1. The minimum atomic E-state index is -0.0231. The molecule has 53 heavy (non-hydrogen) atoms. The van der Waals surface area contributed by atoms with Crippen LogP contribution in [0.3, 0.4) is 0 Å². The Morgan fingerprint density at radius 1 is 0.340 bits per heavy atom. The van der Waals surface area contributed by atoms with Gasteiger partial charge in [-0.05, 0) is 78.2 Å². The Labute approximate surface area is 310 Å². The average Bonchev–Trinajstić information content (AvgIpc) is 3.45. The summed E-state index contributed by atoms with van der Waals surface area (Å²) in [5.41, 5.74) is 15.2. The first-order valence-corrected chi connectivity index (χ1v) is 18.3. The minimum absolute atomic E-state index is 0.0231. The highest BCUT2D eigenvalue weighted by molar-refractivity contribution is 6.06. The first-order valence-electron chi connectivity index (χ1n) is 18.3. The van der Waals surface area contributed by atoms with Gasteiger partial charge in [0.15, 0.2) is 5.82 Å². The van der Waals surface area contributed by atoms with Crippen molar-refractivity contribution in [1.29, 1.82) is 0 Å². The molecule has 0 aliphatic heterocycles. The molecule has 0 unspecified atom stereocenters. The molecule has 0 atom stereocenters. The fourth-order valence-electron chi connectivity index (χ4n) is 8.41. The van der Waals surface area contributed by atoms with Gasteiger partial charge in [0, 0.05) is 22.1 Å². The highest BCUT2D eigenvalue weighted by Crippen LogP contribution is 2.50. The molecular weight excluding hydrogens is 641 g/mol. The quantitative estimate of drug-likeness (QED) is 0.181. The molecule has 8 aromatic carbocycles. The summed E-state index contributed by atoms with van der Waals surface area (Å²) in [6.45, 7) is 4.67. The SMILES string of the molecule is CC1(C)c2ccccc2-c2cc(-c3ccc(-c4cc(-c5cccc6ccccc56)nc(-c5ccc(-c6ccccc6)cc5)n4)c4ccccc34)ccc21. The zero-order chi connectivity index (χ0) is 35.5. The summed E-state index contributed by atoms with van der Waals surface area (Å²) in [4.78, 5) is 10.6. The lowest BCUT2D eigenvalue weighted by atomic mass is 9.82. The van der Waals surface area contributed by atoms with E-state index in [1.54, 1.807) is 0 Å². The van der Waals surface area contributed by atoms with Crippen LogP contribution in [-0.4, -0.2) is 9.97 Å². The Balaban J connectivity index is 1.14. The van der Waals surface area contributed by atoms with Gasteiger partial charge in [0.2, 0.25) is 0 Å². The molecule has 0 saturated carbocycles. The number of nitrogens with zero attached hydrogens (tertiary/aromatic N) is 2. The predicted molar refractivity (Wildman–Crippen MR) is 222 cm³/mol. The van der Waals surface area contributed by atoms with E-state index in [1.165, 1.54) is 66.1 Å². The summed E-state index contributed by atoms with van der Waals surface area (Å²) in [6.07, 6.45) is 0. The minimum Gasteiger partial charge on any atom is -0.228 e. The molecule has 2 heteroatoms. The molecule has 0 bridgehead atoms. The summed E-state index contributed by atoms with van der Waals surface area (Å²) in [7, 11) is 0. The van der Waals surface area contributed by atoms with E-state index in [0.29, 0.717) is 5.82 Å². The zero-order valence-electron chi connectivity index (χ0n) is 29.7. The standard InChI is InChI=1S/C51H36N2/c1-51(2)46-22-11-10-20-42(46)45-31-37(27-30-47(45)51)39-28-29-44(41-19-9-8-18-40(39)41)49-32-48(43-21-12-16-35-15-6-7-17-38(35)43)52-50(53-49)36-25-23-34(24-26-36)33-13-4-3-5-14-33/h3-32H,1-2H3. The molecule has 1 heterocycles. The predicted octanol–water partition coefficient (Wildman–Crippen LogP) is 13.4. The number of aromatic nitrogens is 2. The van der Waals surface area contributed by atoms with Crippen molar-refractivity contribution in [3.8, 4) is 67.3 Å². The van der Waals surface area contributed by atoms with Gasteiger partial charge in [0.25, 0.3) is 0 Å². The molecule has 250 valence electrons. The highest BCUT2D eigenvalue weighted by atomic mass is 14.9. The van der Waals surface area contributed by atoms with Gasteiger partial charge in [-0.2, -0.15) is 0 Å². The highest BCUT2D eigenvalue weighted by Gasteiger charge is 2.35. The number of rotatable bonds is 5. The average molecular weight is 677 g/mol. The largest absolute Gasteiger partial charge is 0.228 e. The first-order chi connectivity index (χ1) is 26.0. The lowest BCUT2D eigenvalue weighted by Gasteiger charge is -2.21. The second-order valence-electron chi connectivity index (χ2n) is 14.6. The van der Waals surface area contributed by atoms with Crippen LogP contribution in [0.4, 0.5) is 0 Å². The molecule has 0 amide bonds. The summed E-state index contributed by atoms with van der Waals surface area (Å²) in [5, 5.41) is 4.73. The third kappa shape index (κ3) is 5.18. The van der Waals surface area contributed by atoms with Gasteiger partial charge in [-0.15, -0.1) is 0 Å². The fraction of sp³-hybridized carbons (Fsp3) is 0.0588. The van der Waals surface area contributed by atoms with E-state index < -0.39 is 0 Å². The topological polar surface area (TPSA) is 25.8 Å². The molecule has 0 spiro atoms. The number of benzene rings is 8. The Kier molecular flexibility index (Phi) is 7.19. The molecule has 1 aromatic heterocycles. The smallest absolute Gasteiger partial charge is 0.160 e. The van der Waals surface area contributed by atoms with E-state index in [2.05, 4.69) is 190 Å². The lowest BCUT2D eigenvalue weighted by Crippen LogP contribution is -2.14. The van der Waals surface area contributed by atoms with Crippen molar-refractivity contribution in [3.63, 3.8) is 0 Å². The van der Waals surface area contributed by atoms with Crippen molar-refractivity contribution in [2.45, 2.75) is 19.3 Å². The van der Waals surface area contributed by atoms with Gasteiger partial charge in [0.05, 0.1) is 11.4 Å². The van der Waals surface area contributed by atoms with Crippen molar-refractivity contribution in [1.82, 2.24) is 9.97 Å². The summed E-state index contributed by atoms with van der Waals surface area (Å²) >= 11 is 0. The second-order valence-corrected chi connectivity index (χ2v) is 14.6. The molecule has 0 N–H and O–H groups in total. The Hall–Kier alpha value is -6.64. The van der Waals surface area contributed by atoms with Gasteiger partial charge < -0.3 is 0 Å². The van der Waals surface area contributed by atoms with Crippen LogP contribution in [0.5, 0.6) is 0 Å². The maximum Gasteiger partial charge on any atom is 0.160 e. The maximum atomic E-state index is 5.31. The third-order valence-electron chi connectivity index (χ3n) is 11.1. The molecule has 2 nitrogen and oxygen atoms in total. The van der Waals surface area contributed by atoms with Gasteiger partial charge in [-0.3, -0.25) is 0 Å². The summed E-state index contributed by atoms with van der Waals surface area (Å²) < 4.78 is 0. The molecule has 0 saturated heterocycles. The van der Waals surface area contributed by atoms with Crippen LogP contribution in [-0.2, 0) is 5.41 Å². The van der Waals surface area contributed by atoms with E-state index in [4.69, 9.17) is 9.97 Å². The van der Waals surface area contributed by atoms with Gasteiger partial charge in [0.1, 0.15) is 0 Å². The van der Waals surface area contributed by atoms with Crippen molar-refractivity contribution < 1.29 is 0 Å². The molecule has 0 radical (unpaired) electrons. The molecule has 0 fully saturated rings. The number of fused-ring (bicyclic) bond motifs is 5. The van der Waals surface area contributed by atoms with Crippen molar-refractivity contribution in [2.75, 3.05) is 0 Å². The van der Waals surface area contributed by atoms with Crippen molar-refractivity contribution in [3.05, 3.63) is 193 Å². The van der Waals surface area contributed by atoms with Crippen LogP contribution in [0.1, 0.15) is 25.0 Å². The zero-order valence-corrected chi connectivity index (χ0v) is 29.7. The second kappa shape index (κ2) is 12.3. The Morgan fingerprint density at radius 3 is 1.66 bits per heavy atom. The maximum absolute atomic E-state index is 5.31. The number of hydrogen-bond donors (Lipinski definition) is 0. The van der Waals surface area contributed by atoms with E-state index >= 15 is 0 Å². The van der Waals surface area contributed by atoms with Crippen LogP contribution in [0.2, 0.25) is 0 Å². The fourth-order valence-corrected chi connectivity index (χ4v) is 8.41. The van der Waals surface area contributed by atoms with Crippen LogP contribution in [0, 0.1) is 0 Å². The normalized spacial score (nSPS) is 12.9. The van der Waals surface area contributed by atoms with Crippen molar-refractivity contribution >= 4 is 21.5 Å². The molecule has 9 aromatic rings. The first kappa shape index (κ1) is 31.1. The molecule has 1 aliphatic rings. The lowest BCUT2D eigenvalue weighted by molar-refractivity contribution is 0.660. The van der Waals surface area contributed by atoms with Crippen molar-refractivity contribution in [2.24, 2.45) is 0 Å². The van der Waals surface area contributed by atoms with Gasteiger partial charge >= 0.3 is 0 Å². The Morgan fingerprint density at radius 2 is 0.868 bits per heavy atom.